The van der Waals surface area contributed by atoms with Crippen LogP contribution in [0.5, 0.6) is 0 Å². The topological polar surface area (TPSA) is 61.2 Å². The minimum atomic E-state index is 0.529. The molecule has 1 aliphatic heterocycles. The van der Waals surface area contributed by atoms with Gasteiger partial charge in [0.25, 0.3) is 0 Å². The number of nitrogen functional groups attached to an aromatic ring is 1. The Kier molecular flexibility index (Phi) is 3.84. The molecule has 3 rings (SSSR count). The fourth-order valence-corrected chi connectivity index (χ4v) is 2.85. The fraction of sp³-hybridized carbons (Fsp3) is 0.438. The lowest BCUT2D eigenvalue weighted by atomic mass is 10.1. The van der Waals surface area contributed by atoms with Crippen molar-refractivity contribution in [2.75, 3.05) is 36.8 Å². The Bertz CT molecular complexity index is 596. The highest BCUT2D eigenvalue weighted by Crippen LogP contribution is 2.25. The van der Waals surface area contributed by atoms with Crippen LogP contribution in [0.3, 0.4) is 0 Å². The quantitative estimate of drug-likeness (QED) is 0.907. The molecule has 1 saturated heterocycles. The third-order valence-electron chi connectivity index (χ3n) is 4.16. The van der Waals surface area contributed by atoms with Crippen LogP contribution in [0.15, 0.2) is 30.3 Å². The summed E-state index contributed by atoms with van der Waals surface area (Å²) in [7, 11) is 0. The van der Waals surface area contributed by atoms with Crippen molar-refractivity contribution in [2.24, 2.45) is 0 Å². The van der Waals surface area contributed by atoms with Gasteiger partial charge < -0.3 is 10.6 Å². The van der Waals surface area contributed by atoms with E-state index < -0.39 is 0 Å². The number of aromatic amines is 1. The van der Waals surface area contributed by atoms with Crippen LogP contribution >= 0.6 is 0 Å². The van der Waals surface area contributed by atoms with Crippen LogP contribution < -0.4 is 10.6 Å². The summed E-state index contributed by atoms with van der Waals surface area (Å²) in [4.78, 5) is 4.97. The SMILES string of the molecule is CC(C)N1CCN(c2cccc(-c3cc(N)n[nH]3)c2)CC1. The number of rotatable bonds is 3. The predicted molar refractivity (Wildman–Crippen MR) is 87.4 cm³/mol. The molecule has 5 nitrogen and oxygen atoms in total. The predicted octanol–water partition coefficient (Wildman–Crippen LogP) is 2.19. The Morgan fingerprint density at radius 3 is 2.52 bits per heavy atom. The summed E-state index contributed by atoms with van der Waals surface area (Å²) in [6.07, 6.45) is 0. The molecule has 1 aromatic carbocycles. The number of nitrogens with zero attached hydrogens (tertiary/aromatic N) is 3. The minimum absolute atomic E-state index is 0.529. The largest absolute Gasteiger partial charge is 0.382 e. The Morgan fingerprint density at radius 2 is 1.90 bits per heavy atom. The second kappa shape index (κ2) is 5.77. The second-order valence-electron chi connectivity index (χ2n) is 5.87. The molecular weight excluding hydrogens is 262 g/mol. The van der Waals surface area contributed by atoms with Gasteiger partial charge in [-0.05, 0) is 26.0 Å². The van der Waals surface area contributed by atoms with E-state index in [9.17, 15) is 0 Å². The maximum absolute atomic E-state index is 5.68. The van der Waals surface area contributed by atoms with Crippen molar-refractivity contribution in [3.8, 4) is 11.3 Å². The molecule has 0 saturated carbocycles. The van der Waals surface area contributed by atoms with E-state index in [2.05, 4.69) is 58.1 Å². The molecule has 1 aliphatic rings. The Morgan fingerprint density at radius 1 is 1.14 bits per heavy atom. The van der Waals surface area contributed by atoms with E-state index in [4.69, 9.17) is 5.73 Å². The number of nitrogens with two attached hydrogens (primary N) is 1. The number of nitrogens with one attached hydrogen (secondary N) is 1. The molecule has 0 unspecified atom stereocenters. The standard InChI is InChI=1S/C16H23N5/c1-12(2)20-6-8-21(9-7-20)14-5-3-4-13(10-14)15-11-16(17)19-18-15/h3-5,10-12H,6-9H2,1-2H3,(H3,17,18,19). The van der Waals surface area contributed by atoms with Gasteiger partial charge in [-0.3, -0.25) is 10.00 Å². The molecule has 1 aromatic heterocycles. The highest BCUT2D eigenvalue weighted by atomic mass is 15.3. The summed E-state index contributed by atoms with van der Waals surface area (Å²) in [5.74, 6) is 0.529. The fourth-order valence-electron chi connectivity index (χ4n) is 2.85. The first-order valence-corrected chi connectivity index (χ1v) is 7.54. The summed E-state index contributed by atoms with van der Waals surface area (Å²) < 4.78 is 0. The van der Waals surface area contributed by atoms with Crippen LogP contribution in [0.25, 0.3) is 11.3 Å². The van der Waals surface area contributed by atoms with Crippen molar-refractivity contribution in [3.05, 3.63) is 30.3 Å². The van der Waals surface area contributed by atoms with Crippen molar-refractivity contribution in [3.63, 3.8) is 0 Å². The van der Waals surface area contributed by atoms with Gasteiger partial charge in [0.1, 0.15) is 5.82 Å². The van der Waals surface area contributed by atoms with Gasteiger partial charge in [-0.15, -0.1) is 0 Å². The molecule has 0 spiro atoms. The zero-order valence-electron chi connectivity index (χ0n) is 12.7. The van der Waals surface area contributed by atoms with E-state index in [0.29, 0.717) is 11.9 Å². The van der Waals surface area contributed by atoms with Crippen LogP contribution in [0.2, 0.25) is 0 Å². The zero-order chi connectivity index (χ0) is 14.8. The van der Waals surface area contributed by atoms with Gasteiger partial charge in [-0.25, -0.2) is 0 Å². The van der Waals surface area contributed by atoms with Crippen LogP contribution in [-0.4, -0.2) is 47.3 Å². The lowest BCUT2D eigenvalue weighted by Gasteiger charge is -2.38. The smallest absolute Gasteiger partial charge is 0.145 e. The van der Waals surface area contributed by atoms with Crippen molar-refractivity contribution in [1.29, 1.82) is 0 Å². The van der Waals surface area contributed by atoms with Crippen LogP contribution in [0.1, 0.15) is 13.8 Å². The molecule has 0 radical (unpaired) electrons. The number of hydrogen-bond acceptors (Lipinski definition) is 4. The van der Waals surface area contributed by atoms with E-state index in [1.165, 1.54) is 5.69 Å². The van der Waals surface area contributed by atoms with Gasteiger partial charge >= 0.3 is 0 Å². The molecule has 21 heavy (non-hydrogen) atoms. The summed E-state index contributed by atoms with van der Waals surface area (Å²) in [5, 5.41) is 6.97. The number of piperazine rings is 1. The highest BCUT2D eigenvalue weighted by molar-refractivity contribution is 5.67. The molecule has 0 bridgehead atoms. The molecule has 3 N–H and O–H groups in total. The van der Waals surface area contributed by atoms with Gasteiger partial charge in [0.05, 0.1) is 5.69 Å². The maximum atomic E-state index is 5.68. The second-order valence-corrected chi connectivity index (χ2v) is 5.87. The molecule has 1 fully saturated rings. The number of anilines is 2. The zero-order valence-corrected chi connectivity index (χ0v) is 12.7. The Hall–Kier alpha value is -2.01. The van der Waals surface area contributed by atoms with Crippen LogP contribution in [0, 0.1) is 0 Å². The summed E-state index contributed by atoms with van der Waals surface area (Å²) in [6.45, 7) is 8.93. The van der Waals surface area contributed by atoms with Crippen molar-refractivity contribution in [2.45, 2.75) is 19.9 Å². The van der Waals surface area contributed by atoms with Crippen LogP contribution in [-0.2, 0) is 0 Å². The van der Waals surface area contributed by atoms with Crippen molar-refractivity contribution < 1.29 is 0 Å². The molecule has 0 atom stereocenters. The number of hydrogen-bond donors (Lipinski definition) is 2. The molecule has 5 heteroatoms. The number of benzene rings is 1. The van der Waals surface area contributed by atoms with Crippen LogP contribution in [0.4, 0.5) is 11.5 Å². The van der Waals surface area contributed by atoms with Crippen molar-refractivity contribution in [1.82, 2.24) is 15.1 Å². The van der Waals surface area contributed by atoms with Gasteiger partial charge in [0, 0.05) is 49.5 Å². The first-order valence-electron chi connectivity index (χ1n) is 7.54. The van der Waals surface area contributed by atoms with E-state index >= 15 is 0 Å². The lowest BCUT2D eigenvalue weighted by molar-refractivity contribution is 0.209. The third kappa shape index (κ3) is 3.03. The van der Waals surface area contributed by atoms with E-state index in [-0.39, 0.29) is 0 Å². The van der Waals surface area contributed by atoms with Crippen molar-refractivity contribution >= 4 is 11.5 Å². The monoisotopic (exact) mass is 285 g/mol. The van der Waals surface area contributed by atoms with E-state index in [0.717, 1.165) is 37.4 Å². The Labute approximate surface area is 125 Å². The highest BCUT2D eigenvalue weighted by Gasteiger charge is 2.19. The van der Waals surface area contributed by atoms with E-state index in [1.807, 2.05) is 6.07 Å². The first kappa shape index (κ1) is 13.9. The first-order chi connectivity index (χ1) is 10.1. The van der Waals surface area contributed by atoms with Gasteiger partial charge in [0.15, 0.2) is 0 Å². The maximum Gasteiger partial charge on any atom is 0.145 e. The Balaban J connectivity index is 1.75. The van der Waals surface area contributed by atoms with Gasteiger partial charge in [0.2, 0.25) is 0 Å². The molecule has 0 aliphatic carbocycles. The molecule has 0 amide bonds. The average molecular weight is 285 g/mol. The summed E-state index contributed by atoms with van der Waals surface area (Å²) >= 11 is 0. The average Bonchev–Trinajstić information content (AvgIpc) is 2.94. The molecular formula is C16H23N5. The lowest BCUT2D eigenvalue weighted by Crippen LogP contribution is -2.48. The molecule has 112 valence electrons. The normalized spacial score (nSPS) is 16.6. The number of H-pyrrole nitrogens is 1. The van der Waals surface area contributed by atoms with E-state index in [1.54, 1.807) is 0 Å². The third-order valence-corrected chi connectivity index (χ3v) is 4.16. The summed E-state index contributed by atoms with van der Waals surface area (Å²) in [5.41, 5.74) is 9.05. The van der Waals surface area contributed by atoms with Gasteiger partial charge in [-0.2, -0.15) is 5.10 Å². The molecule has 2 aromatic rings. The minimum Gasteiger partial charge on any atom is -0.382 e. The number of aromatic nitrogens is 2. The summed E-state index contributed by atoms with van der Waals surface area (Å²) in [6, 6.07) is 11.1. The van der Waals surface area contributed by atoms with Gasteiger partial charge in [-0.1, -0.05) is 12.1 Å². The molecule has 2 heterocycles.